The van der Waals surface area contributed by atoms with Crippen LogP contribution in [0.1, 0.15) is 32.1 Å². The fourth-order valence-corrected chi connectivity index (χ4v) is 3.68. The minimum absolute atomic E-state index is 0.948. The summed E-state index contributed by atoms with van der Waals surface area (Å²) in [6.45, 7) is 2.15. The van der Waals surface area contributed by atoms with Gasteiger partial charge in [-0.1, -0.05) is 19.3 Å². The fraction of sp³-hybridized carbons (Fsp3) is 1.00. The maximum atomic E-state index is 5.56. The van der Waals surface area contributed by atoms with Crippen molar-refractivity contribution in [3.05, 3.63) is 0 Å². The van der Waals surface area contributed by atoms with Gasteiger partial charge in [-0.2, -0.15) is 0 Å². The first-order valence-electron chi connectivity index (χ1n) is 5.51. The van der Waals surface area contributed by atoms with Crippen LogP contribution >= 0.6 is 0 Å². The first-order chi connectivity index (χ1) is 5.93. The molecule has 4 atom stereocenters. The van der Waals surface area contributed by atoms with Crippen LogP contribution < -0.4 is 0 Å². The summed E-state index contributed by atoms with van der Waals surface area (Å²) in [4.78, 5) is 0. The molecule has 0 aromatic heterocycles. The van der Waals surface area contributed by atoms with Gasteiger partial charge in [-0.25, -0.2) is 0 Å². The molecule has 0 amide bonds. The average Bonchev–Trinajstić information content (AvgIpc) is 2.64. The Morgan fingerprint density at radius 2 is 1.33 bits per heavy atom. The van der Waals surface area contributed by atoms with Crippen LogP contribution in [-0.4, -0.2) is 13.2 Å². The van der Waals surface area contributed by atoms with Crippen LogP contribution in [0.3, 0.4) is 0 Å². The van der Waals surface area contributed by atoms with E-state index in [-0.39, 0.29) is 0 Å². The van der Waals surface area contributed by atoms with Gasteiger partial charge < -0.3 is 4.74 Å². The molecule has 2 saturated carbocycles. The number of rotatable bonds is 0. The Bertz CT molecular complexity index is 142. The minimum atomic E-state index is 0.948. The van der Waals surface area contributed by atoms with E-state index in [1.165, 1.54) is 32.1 Å². The smallest absolute Gasteiger partial charge is 0.0498 e. The van der Waals surface area contributed by atoms with Gasteiger partial charge in [0.15, 0.2) is 0 Å². The van der Waals surface area contributed by atoms with Crippen molar-refractivity contribution in [3.63, 3.8) is 0 Å². The zero-order valence-electron chi connectivity index (χ0n) is 7.67. The van der Waals surface area contributed by atoms with Gasteiger partial charge in [-0.05, 0) is 36.5 Å². The highest BCUT2D eigenvalue weighted by Crippen LogP contribution is 2.48. The molecule has 1 nitrogen and oxygen atoms in total. The molecule has 3 aliphatic rings. The van der Waals surface area contributed by atoms with Crippen molar-refractivity contribution >= 4 is 0 Å². The molecule has 0 bridgehead atoms. The quantitative estimate of drug-likeness (QED) is 0.537. The molecule has 68 valence electrons. The molecule has 4 unspecified atom stereocenters. The lowest BCUT2D eigenvalue weighted by atomic mass is 9.71. The van der Waals surface area contributed by atoms with Crippen molar-refractivity contribution in [1.29, 1.82) is 0 Å². The molecule has 3 fully saturated rings. The van der Waals surface area contributed by atoms with Crippen molar-refractivity contribution in [2.75, 3.05) is 13.2 Å². The van der Waals surface area contributed by atoms with Crippen molar-refractivity contribution in [1.82, 2.24) is 0 Å². The molecule has 12 heavy (non-hydrogen) atoms. The Hall–Kier alpha value is -0.0400. The van der Waals surface area contributed by atoms with Crippen LogP contribution in [0.4, 0.5) is 0 Å². The van der Waals surface area contributed by atoms with Gasteiger partial charge in [0.1, 0.15) is 0 Å². The molecule has 2 aliphatic carbocycles. The topological polar surface area (TPSA) is 9.23 Å². The Morgan fingerprint density at radius 3 is 1.92 bits per heavy atom. The minimum Gasteiger partial charge on any atom is -0.381 e. The van der Waals surface area contributed by atoms with Gasteiger partial charge in [0.2, 0.25) is 0 Å². The lowest BCUT2D eigenvalue weighted by Crippen LogP contribution is -2.27. The maximum Gasteiger partial charge on any atom is 0.0498 e. The zero-order valence-corrected chi connectivity index (χ0v) is 7.67. The Balaban J connectivity index is 1.75. The van der Waals surface area contributed by atoms with Crippen molar-refractivity contribution in [3.8, 4) is 0 Å². The van der Waals surface area contributed by atoms with Crippen LogP contribution in [-0.2, 0) is 4.74 Å². The molecule has 1 heteroatoms. The third-order valence-corrected chi connectivity index (χ3v) is 4.36. The largest absolute Gasteiger partial charge is 0.381 e. The van der Waals surface area contributed by atoms with Gasteiger partial charge in [0.25, 0.3) is 0 Å². The first-order valence-corrected chi connectivity index (χ1v) is 5.51. The normalized spacial score (nSPS) is 52.0. The number of ether oxygens (including phenoxy) is 1. The summed E-state index contributed by atoms with van der Waals surface area (Å²) >= 11 is 0. The lowest BCUT2D eigenvalue weighted by Gasteiger charge is -2.33. The Morgan fingerprint density at radius 1 is 0.750 bits per heavy atom. The Kier molecular flexibility index (Phi) is 1.68. The summed E-state index contributed by atoms with van der Waals surface area (Å²) < 4.78 is 5.56. The van der Waals surface area contributed by atoms with E-state index in [1.54, 1.807) is 0 Å². The molecule has 1 saturated heterocycles. The number of hydrogen-bond donors (Lipinski definition) is 0. The van der Waals surface area contributed by atoms with Crippen LogP contribution in [0.15, 0.2) is 0 Å². The zero-order chi connectivity index (χ0) is 7.97. The monoisotopic (exact) mass is 166 g/mol. The highest BCUT2D eigenvalue weighted by molar-refractivity contribution is 4.91. The van der Waals surface area contributed by atoms with Crippen molar-refractivity contribution in [2.24, 2.45) is 23.7 Å². The average molecular weight is 166 g/mol. The van der Waals surface area contributed by atoms with E-state index in [2.05, 4.69) is 0 Å². The van der Waals surface area contributed by atoms with Gasteiger partial charge in [0.05, 0.1) is 0 Å². The maximum absolute atomic E-state index is 5.56. The van der Waals surface area contributed by atoms with Crippen LogP contribution in [0.2, 0.25) is 0 Å². The van der Waals surface area contributed by atoms with E-state index in [4.69, 9.17) is 4.74 Å². The molecule has 3 rings (SSSR count). The van der Waals surface area contributed by atoms with E-state index < -0.39 is 0 Å². The van der Waals surface area contributed by atoms with Crippen LogP contribution in [0, 0.1) is 23.7 Å². The summed E-state index contributed by atoms with van der Waals surface area (Å²) in [7, 11) is 0. The van der Waals surface area contributed by atoms with Gasteiger partial charge in [-0.3, -0.25) is 0 Å². The molecular formula is C11H18O. The summed E-state index contributed by atoms with van der Waals surface area (Å²) in [5.74, 6) is 4.08. The molecule has 1 heterocycles. The van der Waals surface area contributed by atoms with Crippen LogP contribution in [0.25, 0.3) is 0 Å². The van der Waals surface area contributed by atoms with Gasteiger partial charge in [0, 0.05) is 13.2 Å². The summed E-state index contributed by atoms with van der Waals surface area (Å²) in [6, 6.07) is 0. The second kappa shape index (κ2) is 2.73. The summed E-state index contributed by atoms with van der Waals surface area (Å²) in [6.07, 6.45) is 7.54. The van der Waals surface area contributed by atoms with Crippen LogP contribution in [0.5, 0.6) is 0 Å². The third-order valence-electron chi connectivity index (χ3n) is 4.36. The standard InChI is InChI=1S/C11H18O/c1-2-8-4-10-6-12-7-11(10)5-9(8)3-1/h8-11H,1-7H2. The van der Waals surface area contributed by atoms with E-state index in [0.29, 0.717) is 0 Å². The predicted octanol–water partition coefficient (Wildman–Crippen LogP) is 2.46. The highest BCUT2D eigenvalue weighted by atomic mass is 16.5. The molecule has 0 spiro atoms. The van der Waals surface area contributed by atoms with E-state index in [1.807, 2.05) is 0 Å². The van der Waals surface area contributed by atoms with E-state index >= 15 is 0 Å². The number of hydrogen-bond acceptors (Lipinski definition) is 1. The lowest BCUT2D eigenvalue weighted by molar-refractivity contribution is 0.170. The van der Waals surface area contributed by atoms with Crippen molar-refractivity contribution < 1.29 is 4.74 Å². The second-order valence-electron chi connectivity index (χ2n) is 4.98. The molecule has 0 aromatic carbocycles. The van der Waals surface area contributed by atoms with Crippen molar-refractivity contribution in [2.45, 2.75) is 32.1 Å². The van der Waals surface area contributed by atoms with Gasteiger partial charge >= 0.3 is 0 Å². The second-order valence-corrected chi connectivity index (χ2v) is 4.98. The number of fused-ring (bicyclic) bond motifs is 2. The molecular weight excluding hydrogens is 148 g/mol. The van der Waals surface area contributed by atoms with Gasteiger partial charge in [-0.15, -0.1) is 0 Å². The summed E-state index contributed by atoms with van der Waals surface area (Å²) in [5.41, 5.74) is 0. The first kappa shape index (κ1) is 7.37. The molecule has 0 aromatic rings. The molecule has 0 radical (unpaired) electrons. The highest BCUT2D eigenvalue weighted by Gasteiger charge is 2.41. The fourth-order valence-electron chi connectivity index (χ4n) is 3.68. The van der Waals surface area contributed by atoms with E-state index in [0.717, 1.165) is 36.9 Å². The molecule has 1 aliphatic heterocycles. The Labute approximate surface area is 74.5 Å². The third kappa shape index (κ3) is 1.02. The summed E-state index contributed by atoms with van der Waals surface area (Å²) in [5, 5.41) is 0. The van der Waals surface area contributed by atoms with E-state index in [9.17, 15) is 0 Å². The predicted molar refractivity (Wildman–Crippen MR) is 47.9 cm³/mol. The molecule has 0 N–H and O–H groups in total. The SMILES string of the molecule is C1CC2CC3COCC3CC2C1.